The van der Waals surface area contributed by atoms with Crippen molar-refractivity contribution in [3.63, 3.8) is 0 Å². The van der Waals surface area contributed by atoms with Crippen LogP contribution in [0.15, 0.2) is 67.2 Å². The van der Waals surface area contributed by atoms with Gasteiger partial charge in [0.1, 0.15) is 10.2 Å². The molecule has 3 nitrogen and oxygen atoms in total. The summed E-state index contributed by atoms with van der Waals surface area (Å²) in [4.78, 5) is 14.6. The highest BCUT2D eigenvalue weighted by Crippen LogP contribution is 2.65. The zero-order valence-corrected chi connectivity index (χ0v) is 21.5. The SMILES string of the molecule is C=C(c1cc(NC(=O)C2C(c3cc(Cl)cc(Cl)c3)C2(Cl)Cl)ccc1Cl)N(C)c1ccccc1F. The quantitative estimate of drug-likeness (QED) is 0.308. The van der Waals surface area contributed by atoms with Crippen LogP contribution >= 0.6 is 58.0 Å². The first-order valence-electron chi connectivity index (χ1n) is 10.1. The Hall–Kier alpha value is -1.95. The van der Waals surface area contributed by atoms with Gasteiger partial charge in [0.25, 0.3) is 0 Å². The molecule has 1 N–H and O–H groups in total. The highest BCUT2D eigenvalue weighted by Gasteiger charge is 2.67. The van der Waals surface area contributed by atoms with Crippen molar-refractivity contribution in [1.29, 1.82) is 0 Å². The first kappa shape index (κ1) is 25.2. The number of carbonyl (C=O) groups excluding carboxylic acids is 1. The van der Waals surface area contributed by atoms with E-state index in [2.05, 4.69) is 11.9 Å². The summed E-state index contributed by atoms with van der Waals surface area (Å²) < 4.78 is 12.9. The van der Waals surface area contributed by atoms with Crippen LogP contribution in [0.3, 0.4) is 0 Å². The van der Waals surface area contributed by atoms with Crippen molar-refractivity contribution in [1.82, 2.24) is 0 Å². The van der Waals surface area contributed by atoms with Gasteiger partial charge in [0.15, 0.2) is 0 Å². The fourth-order valence-electron chi connectivity index (χ4n) is 3.92. The van der Waals surface area contributed by atoms with E-state index < -0.39 is 22.0 Å². The lowest BCUT2D eigenvalue weighted by atomic mass is 10.1. The molecule has 3 aromatic rings. The molecule has 9 heteroatoms. The molecule has 0 spiro atoms. The number of nitrogens with one attached hydrogen (secondary N) is 1. The fraction of sp³-hybridized carbons (Fsp3) is 0.160. The average Bonchev–Trinajstić information content (AvgIpc) is 3.36. The van der Waals surface area contributed by atoms with Crippen LogP contribution in [0.2, 0.25) is 15.1 Å². The van der Waals surface area contributed by atoms with Gasteiger partial charge in [-0.3, -0.25) is 4.79 Å². The summed E-state index contributed by atoms with van der Waals surface area (Å²) in [6.07, 6.45) is 0. The van der Waals surface area contributed by atoms with Gasteiger partial charge in [0.05, 0.1) is 16.6 Å². The second-order valence-corrected chi connectivity index (χ2v) is 10.7. The summed E-state index contributed by atoms with van der Waals surface area (Å²) in [7, 11) is 1.68. The zero-order valence-electron chi connectivity index (χ0n) is 17.8. The molecule has 1 fully saturated rings. The Labute approximate surface area is 222 Å². The summed E-state index contributed by atoms with van der Waals surface area (Å²) in [5.74, 6) is -1.95. The van der Waals surface area contributed by atoms with E-state index in [1.807, 2.05) is 0 Å². The number of anilines is 2. The molecule has 1 aliphatic carbocycles. The summed E-state index contributed by atoms with van der Waals surface area (Å²) in [6, 6.07) is 16.2. The Morgan fingerprint density at radius 3 is 2.32 bits per heavy atom. The molecule has 0 radical (unpaired) electrons. The van der Waals surface area contributed by atoms with Gasteiger partial charge in [-0.25, -0.2) is 4.39 Å². The van der Waals surface area contributed by atoms with Crippen molar-refractivity contribution >= 4 is 81.0 Å². The van der Waals surface area contributed by atoms with Gasteiger partial charge >= 0.3 is 0 Å². The van der Waals surface area contributed by atoms with E-state index in [0.29, 0.717) is 43.3 Å². The van der Waals surface area contributed by atoms with Crippen molar-refractivity contribution in [2.45, 2.75) is 10.3 Å². The highest BCUT2D eigenvalue weighted by molar-refractivity contribution is 6.53. The van der Waals surface area contributed by atoms with Crippen molar-refractivity contribution in [3.8, 4) is 0 Å². The first-order chi connectivity index (χ1) is 16.0. The van der Waals surface area contributed by atoms with Crippen LogP contribution in [0, 0.1) is 11.7 Å². The minimum absolute atomic E-state index is 0.341. The summed E-state index contributed by atoms with van der Waals surface area (Å²) in [6.45, 7) is 4.06. The molecule has 1 amide bonds. The van der Waals surface area contributed by atoms with Gasteiger partial charge in [-0.1, -0.05) is 53.5 Å². The maximum absolute atomic E-state index is 14.2. The molecule has 3 aromatic carbocycles. The lowest BCUT2D eigenvalue weighted by Crippen LogP contribution is -2.18. The van der Waals surface area contributed by atoms with Crippen LogP contribution in [0.5, 0.6) is 0 Å². The summed E-state index contributed by atoms with van der Waals surface area (Å²) in [5, 5.41) is 4.09. The number of benzene rings is 3. The van der Waals surface area contributed by atoms with Crippen molar-refractivity contribution < 1.29 is 9.18 Å². The van der Waals surface area contributed by atoms with Crippen LogP contribution in [-0.2, 0) is 4.79 Å². The second-order valence-electron chi connectivity index (χ2n) is 7.97. The molecule has 1 saturated carbocycles. The van der Waals surface area contributed by atoms with Crippen LogP contribution in [0.1, 0.15) is 17.0 Å². The topological polar surface area (TPSA) is 32.3 Å². The zero-order chi connectivity index (χ0) is 24.8. The fourth-order valence-corrected chi connectivity index (χ4v) is 5.51. The summed E-state index contributed by atoms with van der Waals surface area (Å²) >= 11 is 31.5. The van der Waals surface area contributed by atoms with E-state index in [-0.39, 0.29) is 5.91 Å². The normalized spacial score (nSPS) is 18.3. The van der Waals surface area contributed by atoms with Crippen molar-refractivity contribution in [3.05, 3.63) is 99.3 Å². The molecule has 176 valence electrons. The molecule has 0 aromatic heterocycles. The Morgan fingerprint density at radius 2 is 1.68 bits per heavy atom. The monoisotopic (exact) mass is 556 g/mol. The van der Waals surface area contributed by atoms with Crippen molar-refractivity contribution in [2.75, 3.05) is 17.3 Å². The van der Waals surface area contributed by atoms with E-state index in [1.54, 1.807) is 66.5 Å². The smallest absolute Gasteiger partial charge is 0.231 e. The third-order valence-corrected chi connectivity index (χ3v) is 7.45. The van der Waals surface area contributed by atoms with Crippen molar-refractivity contribution in [2.24, 2.45) is 5.92 Å². The predicted molar refractivity (Wildman–Crippen MR) is 141 cm³/mol. The third kappa shape index (κ3) is 4.89. The van der Waals surface area contributed by atoms with E-state index >= 15 is 0 Å². The van der Waals surface area contributed by atoms with Crippen LogP contribution in [0.25, 0.3) is 5.70 Å². The molecule has 0 bridgehead atoms. The predicted octanol–water partition coefficient (Wildman–Crippen LogP) is 8.42. The van der Waals surface area contributed by atoms with Crippen LogP contribution < -0.4 is 10.2 Å². The molecule has 0 aliphatic heterocycles. The lowest BCUT2D eigenvalue weighted by molar-refractivity contribution is -0.117. The number of alkyl halides is 2. The largest absolute Gasteiger partial charge is 0.342 e. The molecule has 4 rings (SSSR count). The minimum Gasteiger partial charge on any atom is -0.342 e. The van der Waals surface area contributed by atoms with E-state index in [1.165, 1.54) is 6.07 Å². The number of nitrogens with zero attached hydrogens (tertiary/aromatic N) is 1. The lowest BCUT2D eigenvalue weighted by Gasteiger charge is -2.23. The minimum atomic E-state index is -1.30. The second kappa shape index (κ2) is 9.60. The van der Waals surface area contributed by atoms with Gasteiger partial charge < -0.3 is 10.2 Å². The Morgan fingerprint density at radius 1 is 1.03 bits per heavy atom. The maximum atomic E-state index is 14.2. The Kier molecular flexibility index (Phi) is 7.10. The molecular formula is C25H18Cl5FN2O. The first-order valence-corrected chi connectivity index (χ1v) is 12.0. The van der Waals surface area contributed by atoms with Gasteiger partial charge in [-0.05, 0) is 54.1 Å². The molecule has 2 unspecified atom stereocenters. The van der Waals surface area contributed by atoms with Gasteiger partial charge in [-0.2, -0.15) is 0 Å². The van der Waals surface area contributed by atoms with Gasteiger partial charge in [-0.15, -0.1) is 23.2 Å². The van der Waals surface area contributed by atoms with Crippen LogP contribution in [-0.4, -0.2) is 17.3 Å². The standard InChI is InChI=1S/C25H18Cl5FN2O/c1-13(33(2)21-6-4-3-5-20(21)31)18-12-17(7-8-19(18)28)32-24(34)23-22(25(23,29)30)14-9-15(26)11-16(27)10-14/h3-12,22-23H,1H2,2H3,(H,32,34). The maximum Gasteiger partial charge on any atom is 0.231 e. The molecule has 0 saturated heterocycles. The van der Waals surface area contributed by atoms with E-state index in [0.717, 1.165) is 0 Å². The number of carbonyl (C=O) groups is 1. The Bertz CT molecular complexity index is 1280. The number of halogens is 6. The summed E-state index contributed by atoms with van der Waals surface area (Å²) in [5.41, 5.74) is 2.47. The molecular weight excluding hydrogens is 541 g/mol. The molecule has 2 atom stereocenters. The number of hydrogen-bond donors (Lipinski definition) is 1. The van der Waals surface area contributed by atoms with Gasteiger partial charge in [0.2, 0.25) is 5.91 Å². The molecule has 0 heterocycles. The van der Waals surface area contributed by atoms with Crippen LogP contribution in [0.4, 0.5) is 15.8 Å². The highest BCUT2D eigenvalue weighted by atomic mass is 35.5. The number of para-hydroxylation sites is 1. The number of amides is 1. The molecule has 34 heavy (non-hydrogen) atoms. The molecule has 1 aliphatic rings. The van der Waals surface area contributed by atoms with Gasteiger partial charge in [0, 0.05) is 40.0 Å². The van der Waals surface area contributed by atoms with E-state index in [4.69, 9.17) is 58.0 Å². The number of rotatable bonds is 6. The average molecular weight is 559 g/mol. The van der Waals surface area contributed by atoms with E-state index in [9.17, 15) is 9.18 Å². The Balaban J connectivity index is 1.55. The number of hydrogen-bond acceptors (Lipinski definition) is 2. The third-order valence-electron chi connectivity index (χ3n) is 5.74.